The van der Waals surface area contributed by atoms with Gasteiger partial charge in [-0.3, -0.25) is 0 Å². The molecule has 8 rings (SSSR count). The Morgan fingerprint density at radius 3 is 1.42 bits per heavy atom. The lowest BCUT2D eigenvalue weighted by atomic mass is 9.58. The summed E-state index contributed by atoms with van der Waals surface area (Å²) in [6.07, 6.45) is 0. The first kappa shape index (κ1) is 30.9. The molecule has 0 aliphatic heterocycles. The third-order valence-electron chi connectivity index (χ3n) is 12.1. The summed E-state index contributed by atoms with van der Waals surface area (Å²) in [5, 5.41) is 5.04. The molecule has 0 aliphatic carbocycles. The Morgan fingerprint density at radius 1 is 0.396 bits per heavy atom. The van der Waals surface area contributed by atoms with E-state index >= 15 is 0 Å². The highest BCUT2D eigenvalue weighted by molar-refractivity contribution is 6.70. The number of aromatic nitrogens is 2. The van der Waals surface area contributed by atoms with Gasteiger partial charge in [0.1, 0.15) is 78.5 Å². The molecule has 0 saturated carbocycles. The maximum absolute atomic E-state index is 3.89. The van der Waals surface area contributed by atoms with Crippen LogP contribution in [0.4, 0.5) is 0 Å². The third-order valence-corrected chi connectivity index (χ3v) is 12.1. The van der Waals surface area contributed by atoms with E-state index in [-0.39, 0.29) is 0 Å². The van der Waals surface area contributed by atoms with Gasteiger partial charge in [0.15, 0.2) is 0 Å². The first-order valence-corrected chi connectivity index (χ1v) is 17.2. The molecule has 2 nitrogen and oxygen atoms in total. The number of rotatable bonds is 3. The number of benzene rings is 6. The smallest absolute Gasteiger partial charge is 0.139 e. The van der Waals surface area contributed by atoms with Crippen LogP contribution in [0.5, 0.6) is 0 Å². The average molecular weight is 603 g/mol. The molecule has 0 amide bonds. The second kappa shape index (κ2) is 11.1. The van der Waals surface area contributed by atoms with Crippen molar-refractivity contribution in [2.75, 3.05) is 0 Å². The second-order valence-corrected chi connectivity index (χ2v) is 14.1. The van der Waals surface area contributed by atoms with E-state index in [4.69, 9.17) is 0 Å². The summed E-state index contributed by atoms with van der Waals surface area (Å²) < 4.78 is 2.60. The van der Waals surface area contributed by atoms with Crippen molar-refractivity contribution in [3.8, 4) is 27.9 Å². The van der Waals surface area contributed by atoms with Crippen molar-refractivity contribution in [2.24, 2.45) is 0 Å². The Hall–Kier alpha value is -4.43. The molecule has 12 heteroatoms. The van der Waals surface area contributed by atoms with Crippen LogP contribution in [-0.2, 0) is 0 Å². The SMILES string of the molecule is Bc1c(B)c(B)c(-c2cccc(-c3c(B)c(B)c(B)c(B)c3B)c2-n2c3ccccc3c3ccc4c5ccccc5[nH]c4c32)c(B)c1B. The van der Waals surface area contributed by atoms with Gasteiger partial charge >= 0.3 is 0 Å². The Bertz CT molecular complexity index is 2540. The number of hydrogen-bond acceptors (Lipinski definition) is 0. The summed E-state index contributed by atoms with van der Waals surface area (Å²) in [6.45, 7) is 0. The molecular weight excluding hydrogens is 569 g/mol. The lowest BCUT2D eigenvalue weighted by Gasteiger charge is -2.27. The lowest BCUT2D eigenvalue weighted by molar-refractivity contribution is 1.19. The molecule has 0 radical (unpaired) electrons. The van der Waals surface area contributed by atoms with Crippen LogP contribution in [0.3, 0.4) is 0 Å². The highest BCUT2D eigenvalue weighted by Gasteiger charge is 2.26. The van der Waals surface area contributed by atoms with Gasteiger partial charge in [0.05, 0.1) is 22.2 Å². The fraction of sp³-hybridized carbons (Fsp3) is 0. The van der Waals surface area contributed by atoms with E-state index in [0.29, 0.717) is 0 Å². The maximum Gasteiger partial charge on any atom is 0.139 e. The minimum absolute atomic E-state index is 1.17. The van der Waals surface area contributed by atoms with Crippen LogP contribution >= 0.6 is 0 Å². The quantitative estimate of drug-likeness (QED) is 0.194. The molecule has 1 N–H and O–H groups in total. The first-order valence-electron chi connectivity index (χ1n) is 17.2. The molecule has 0 unspecified atom stereocenters. The normalized spacial score (nSPS) is 11.8. The summed E-state index contributed by atoms with van der Waals surface area (Å²) in [6, 6.07) is 29.3. The van der Waals surface area contributed by atoms with E-state index in [9.17, 15) is 0 Å². The van der Waals surface area contributed by atoms with Crippen LogP contribution < -0.4 is 54.6 Å². The third kappa shape index (κ3) is 4.14. The van der Waals surface area contributed by atoms with E-state index < -0.39 is 0 Å². The second-order valence-electron chi connectivity index (χ2n) is 14.1. The minimum Gasteiger partial charge on any atom is -0.353 e. The van der Waals surface area contributed by atoms with E-state index in [1.807, 2.05) is 0 Å². The zero-order valence-corrected chi connectivity index (χ0v) is 30.0. The number of fused-ring (bicyclic) bond motifs is 7. The van der Waals surface area contributed by atoms with Crippen LogP contribution in [-0.4, -0.2) is 88.0 Å². The van der Waals surface area contributed by atoms with Gasteiger partial charge in [-0.1, -0.05) is 88.6 Å². The van der Waals surface area contributed by atoms with E-state index in [1.165, 1.54) is 126 Å². The molecular formula is C36H34B10N2. The summed E-state index contributed by atoms with van der Waals surface area (Å²) in [5.74, 6) is 0. The van der Waals surface area contributed by atoms with E-state index in [2.05, 4.69) is 167 Å². The highest BCUT2D eigenvalue weighted by atomic mass is 15.0. The number of H-pyrrole nitrogens is 1. The molecule has 0 atom stereocenters. The topological polar surface area (TPSA) is 20.7 Å². The van der Waals surface area contributed by atoms with Crippen molar-refractivity contribution in [1.29, 1.82) is 0 Å². The highest BCUT2D eigenvalue weighted by Crippen LogP contribution is 2.42. The van der Waals surface area contributed by atoms with Crippen molar-refractivity contribution < 1.29 is 0 Å². The Kier molecular flexibility index (Phi) is 7.11. The predicted molar refractivity (Wildman–Crippen MR) is 243 cm³/mol. The molecule has 0 aliphatic rings. The number of nitrogens with zero attached hydrogens (tertiary/aromatic N) is 1. The van der Waals surface area contributed by atoms with Crippen LogP contribution in [0.15, 0.2) is 78.9 Å². The molecule has 6 aromatic carbocycles. The molecule has 0 spiro atoms. The van der Waals surface area contributed by atoms with E-state index in [1.54, 1.807) is 0 Å². The van der Waals surface area contributed by atoms with Crippen LogP contribution in [0, 0.1) is 0 Å². The van der Waals surface area contributed by atoms with Crippen LogP contribution in [0.25, 0.3) is 71.6 Å². The zero-order valence-electron chi connectivity index (χ0n) is 30.0. The first-order chi connectivity index (χ1) is 23.0. The molecule has 2 heterocycles. The van der Waals surface area contributed by atoms with Gasteiger partial charge in [0.25, 0.3) is 0 Å². The number of nitrogens with one attached hydrogen (secondary N) is 1. The van der Waals surface area contributed by atoms with Gasteiger partial charge in [-0.25, -0.2) is 0 Å². The van der Waals surface area contributed by atoms with E-state index in [0.717, 1.165) is 0 Å². The Labute approximate surface area is 291 Å². The van der Waals surface area contributed by atoms with Crippen molar-refractivity contribution in [3.63, 3.8) is 0 Å². The molecule has 8 aromatic rings. The van der Waals surface area contributed by atoms with Gasteiger partial charge in [0, 0.05) is 38.2 Å². The molecule has 0 saturated heterocycles. The fourth-order valence-electron chi connectivity index (χ4n) is 8.60. The molecule has 48 heavy (non-hydrogen) atoms. The van der Waals surface area contributed by atoms with Gasteiger partial charge in [-0.05, 0) is 23.3 Å². The summed E-state index contributed by atoms with van der Waals surface area (Å²) in [5.41, 5.74) is 25.0. The summed E-state index contributed by atoms with van der Waals surface area (Å²) in [7, 11) is 23.0. The Morgan fingerprint density at radius 2 is 0.854 bits per heavy atom. The summed E-state index contributed by atoms with van der Waals surface area (Å²) in [4.78, 5) is 3.89. The molecule has 0 fully saturated rings. The maximum atomic E-state index is 3.89. The van der Waals surface area contributed by atoms with Crippen LogP contribution in [0.2, 0.25) is 0 Å². The average Bonchev–Trinajstić information content (AvgIpc) is 3.64. The number of hydrogen-bond donors (Lipinski definition) is 1. The Balaban J connectivity index is 1.66. The minimum atomic E-state index is 1.17. The van der Waals surface area contributed by atoms with Gasteiger partial charge < -0.3 is 9.55 Å². The lowest BCUT2D eigenvalue weighted by Crippen LogP contribution is -2.55. The predicted octanol–water partition coefficient (Wildman–Crippen LogP) is -7.66. The largest absolute Gasteiger partial charge is 0.353 e. The van der Waals surface area contributed by atoms with Crippen molar-refractivity contribution in [3.05, 3.63) is 78.9 Å². The van der Waals surface area contributed by atoms with Gasteiger partial charge in [-0.15, -0.1) is 32.8 Å². The van der Waals surface area contributed by atoms with Crippen molar-refractivity contribution in [1.82, 2.24) is 9.55 Å². The molecule has 218 valence electrons. The van der Waals surface area contributed by atoms with Crippen molar-refractivity contribution in [2.45, 2.75) is 0 Å². The number of para-hydroxylation sites is 3. The van der Waals surface area contributed by atoms with Gasteiger partial charge in [-0.2, -0.15) is 0 Å². The van der Waals surface area contributed by atoms with Gasteiger partial charge in [0.2, 0.25) is 0 Å². The molecule has 2 aromatic heterocycles. The standard InChI is InChI=1S/C36H34B10N2/c37-24-22(25(38)29(42)32(45)28(24)41)18-8-5-9-19(23-26(39)30(43)33(46)31(44)27(23)40)35(18)48-21-11-4-2-7-15(21)17-13-12-16-14-6-1-3-10-20(14)47-34(16)36(17)48/h1-13,47H,37-46H2. The monoisotopic (exact) mass is 604 g/mol. The fourth-order valence-corrected chi connectivity index (χ4v) is 8.60. The number of aromatic amines is 1. The summed E-state index contributed by atoms with van der Waals surface area (Å²) >= 11 is 0. The van der Waals surface area contributed by atoms with Crippen molar-refractivity contribution >= 4 is 177 Å². The van der Waals surface area contributed by atoms with Crippen LogP contribution in [0.1, 0.15) is 0 Å². The molecule has 0 bridgehead atoms. The zero-order chi connectivity index (χ0) is 33.8.